The quantitative estimate of drug-likeness (QED) is 0.596. The molecule has 0 unspecified atom stereocenters. The number of hydrogen-bond donors (Lipinski definition) is 0. The molecule has 0 amide bonds. The largest absolute Gasteiger partial charge is 0.298 e. The van der Waals surface area contributed by atoms with E-state index in [0.29, 0.717) is 10.6 Å². The second kappa shape index (κ2) is 4.01. The van der Waals surface area contributed by atoms with Crippen molar-refractivity contribution in [2.24, 2.45) is 0 Å². The van der Waals surface area contributed by atoms with Gasteiger partial charge in [-0.2, -0.15) is 0 Å². The smallest absolute Gasteiger partial charge is 0.150 e. The van der Waals surface area contributed by atoms with Crippen molar-refractivity contribution in [1.82, 2.24) is 0 Å². The van der Waals surface area contributed by atoms with E-state index in [4.69, 9.17) is 11.6 Å². The Bertz CT molecular complexity index is 492. The van der Waals surface area contributed by atoms with Crippen molar-refractivity contribution in [3.05, 3.63) is 33.7 Å². The van der Waals surface area contributed by atoms with Crippen LogP contribution in [-0.2, 0) is 5.33 Å². The number of fused-ring (bicyclic) bond motifs is 1. The second-order valence-electron chi connectivity index (χ2n) is 2.89. The lowest BCUT2D eigenvalue weighted by Gasteiger charge is -1.98. The Balaban J connectivity index is 2.78. The van der Waals surface area contributed by atoms with Crippen molar-refractivity contribution in [1.29, 1.82) is 0 Å². The fraction of sp³-hybridized carbons (Fsp3) is 0.100. The van der Waals surface area contributed by atoms with Crippen LogP contribution in [0.3, 0.4) is 0 Å². The molecule has 0 fully saturated rings. The lowest BCUT2D eigenvalue weighted by Crippen LogP contribution is -1.81. The monoisotopic (exact) mass is 288 g/mol. The number of thiophene rings is 1. The van der Waals surface area contributed by atoms with Crippen LogP contribution >= 0.6 is 38.9 Å². The highest BCUT2D eigenvalue weighted by Gasteiger charge is 2.08. The number of halogens is 2. The molecule has 0 saturated heterocycles. The zero-order valence-corrected chi connectivity index (χ0v) is 10.2. The van der Waals surface area contributed by atoms with Crippen LogP contribution < -0.4 is 0 Å². The minimum absolute atomic E-state index is 0.630. The molecule has 1 heterocycles. The highest BCUT2D eigenvalue weighted by molar-refractivity contribution is 9.08. The predicted octanol–water partition coefficient (Wildman–Crippen LogP) is 4.26. The molecule has 14 heavy (non-hydrogen) atoms. The maximum Gasteiger partial charge on any atom is 0.150 e. The van der Waals surface area contributed by atoms with E-state index < -0.39 is 0 Å². The Morgan fingerprint density at radius 2 is 2.29 bits per heavy atom. The highest BCUT2D eigenvalue weighted by atomic mass is 79.9. The summed E-state index contributed by atoms with van der Waals surface area (Å²) >= 11 is 11.1. The Morgan fingerprint density at radius 1 is 1.50 bits per heavy atom. The average Bonchev–Trinajstić information content (AvgIpc) is 2.61. The van der Waals surface area contributed by atoms with E-state index in [9.17, 15) is 4.79 Å². The van der Waals surface area contributed by atoms with E-state index in [0.717, 1.165) is 21.7 Å². The van der Waals surface area contributed by atoms with Crippen LogP contribution in [0.2, 0.25) is 5.02 Å². The first-order valence-corrected chi connectivity index (χ1v) is 6.35. The summed E-state index contributed by atoms with van der Waals surface area (Å²) in [6, 6.07) is 3.57. The van der Waals surface area contributed by atoms with Gasteiger partial charge in [0.05, 0.1) is 5.02 Å². The Kier molecular flexibility index (Phi) is 2.91. The zero-order valence-electron chi connectivity index (χ0n) is 7.09. The molecule has 0 aliphatic heterocycles. The first kappa shape index (κ1) is 10.1. The summed E-state index contributed by atoms with van der Waals surface area (Å²) in [5, 5.41) is 4.55. The Hall–Kier alpha value is -0.380. The molecule has 2 rings (SSSR count). The van der Waals surface area contributed by atoms with Crippen LogP contribution in [0.1, 0.15) is 15.9 Å². The van der Waals surface area contributed by atoms with Gasteiger partial charge in [-0.15, -0.1) is 11.3 Å². The molecule has 2 aromatic rings. The number of aldehydes is 1. The molecule has 0 atom stereocenters. The molecule has 0 saturated carbocycles. The van der Waals surface area contributed by atoms with Gasteiger partial charge in [-0.1, -0.05) is 27.5 Å². The van der Waals surface area contributed by atoms with Crippen molar-refractivity contribution in [2.45, 2.75) is 5.33 Å². The first-order chi connectivity index (χ1) is 6.76. The first-order valence-electron chi connectivity index (χ1n) is 3.97. The number of hydrogen-bond acceptors (Lipinski definition) is 2. The molecule has 4 heteroatoms. The Labute approximate surface area is 98.8 Å². The molecule has 0 aliphatic rings. The van der Waals surface area contributed by atoms with Crippen LogP contribution in [0, 0.1) is 0 Å². The van der Waals surface area contributed by atoms with Gasteiger partial charge < -0.3 is 0 Å². The van der Waals surface area contributed by atoms with Gasteiger partial charge in [0.15, 0.2) is 0 Å². The number of alkyl halides is 1. The Morgan fingerprint density at radius 3 is 2.93 bits per heavy atom. The maximum atomic E-state index is 10.6. The van der Waals surface area contributed by atoms with Gasteiger partial charge in [0.25, 0.3) is 0 Å². The van der Waals surface area contributed by atoms with E-state index in [1.165, 1.54) is 5.56 Å². The molecule has 1 aromatic heterocycles. The summed E-state index contributed by atoms with van der Waals surface area (Å²) < 4.78 is 1.06. The van der Waals surface area contributed by atoms with E-state index in [1.54, 1.807) is 17.4 Å². The van der Waals surface area contributed by atoms with Crippen LogP contribution in [0.15, 0.2) is 17.5 Å². The molecular weight excluding hydrogens is 284 g/mol. The van der Waals surface area contributed by atoms with Gasteiger partial charge >= 0.3 is 0 Å². The van der Waals surface area contributed by atoms with Gasteiger partial charge in [0.2, 0.25) is 0 Å². The standard InChI is InChI=1S/C10H6BrClOS/c11-3-7-5-14-9-2-6(4-13)1-8(12)10(7)9/h1-2,4-5H,3H2. The number of benzene rings is 1. The summed E-state index contributed by atoms with van der Waals surface area (Å²) in [6.07, 6.45) is 0.818. The molecule has 0 bridgehead atoms. The minimum Gasteiger partial charge on any atom is -0.298 e. The summed E-state index contributed by atoms with van der Waals surface area (Å²) in [7, 11) is 0. The molecule has 1 nitrogen and oxygen atoms in total. The number of rotatable bonds is 2. The summed E-state index contributed by atoms with van der Waals surface area (Å²) in [5.74, 6) is 0. The lowest BCUT2D eigenvalue weighted by molar-refractivity contribution is 0.112. The van der Waals surface area contributed by atoms with E-state index in [2.05, 4.69) is 21.3 Å². The van der Waals surface area contributed by atoms with E-state index >= 15 is 0 Å². The number of carbonyl (C=O) groups excluding carboxylic acids is 1. The maximum absolute atomic E-state index is 10.6. The predicted molar refractivity (Wildman–Crippen MR) is 64.9 cm³/mol. The van der Waals surface area contributed by atoms with Crippen LogP contribution in [-0.4, -0.2) is 6.29 Å². The molecule has 1 aromatic carbocycles. The van der Waals surface area contributed by atoms with Crippen LogP contribution in [0.4, 0.5) is 0 Å². The SMILES string of the molecule is O=Cc1cc(Cl)c2c(CBr)csc2c1. The normalized spacial score (nSPS) is 10.7. The molecule has 0 spiro atoms. The van der Waals surface area contributed by atoms with Crippen molar-refractivity contribution in [3.8, 4) is 0 Å². The van der Waals surface area contributed by atoms with Gasteiger partial charge in [0, 0.05) is 21.0 Å². The third-order valence-electron chi connectivity index (χ3n) is 2.01. The molecule has 0 radical (unpaired) electrons. The molecule has 72 valence electrons. The molecule has 0 N–H and O–H groups in total. The fourth-order valence-corrected chi connectivity index (χ4v) is 3.46. The topological polar surface area (TPSA) is 17.1 Å². The van der Waals surface area contributed by atoms with E-state index in [-0.39, 0.29) is 0 Å². The zero-order chi connectivity index (χ0) is 10.1. The average molecular weight is 290 g/mol. The third-order valence-corrected chi connectivity index (χ3v) is 3.89. The summed E-state index contributed by atoms with van der Waals surface area (Å²) in [5.41, 5.74) is 1.80. The van der Waals surface area contributed by atoms with Gasteiger partial charge in [-0.3, -0.25) is 4.79 Å². The van der Waals surface area contributed by atoms with Crippen LogP contribution in [0.25, 0.3) is 10.1 Å². The minimum atomic E-state index is 0.630. The van der Waals surface area contributed by atoms with Gasteiger partial charge in [0.1, 0.15) is 6.29 Å². The van der Waals surface area contributed by atoms with Crippen molar-refractivity contribution in [3.63, 3.8) is 0 Å². The highest BCUT2D eigenvalue weighted by Crippen LogP contribution is 2.34. The summed E-state index contributed by atoms with van der Waals surface area (Å²) in [4.78, 5) is 10.6. The molecular formula is C10H6BrClOS. The van der Waals surface area contributed by atoms with Crippen LogP contribution in [0.5, 0.6) is 0 Å². The van der Waals surface area contributed by atoms with Gasteiger partial charge in [-0.05, 0) is 23.1 Å². The number of carbonyl (C=O) groups is 1. The second-order valence-corrected chi connectivity index (χ2v) is 4.77. The van der Waals surface area contributed by atoms with E-state index in [1.807, 2.05) is 6.07 Å². The van der Waals surface area contributed by atoms with Crippen molar-refractivity contribution >= 4 is 55.2 Å². The summed E-state index contributed by atoms with van der Waals surface area (Å²) in [6.45, 7) is 0. The van der Waals surface area contributed by atoms with Crippen molar-refractivity contribution < 1.29 is 4.79 Å². The lowest BCUT2D eigenvalue weighted by atomic mass is 10.1. The molecule has 0 aliphatic carbocycles. The fourth-order valence-electron chi connectivity index (χ4n) is 1.37. The third kappa shape index (κ3) is 1.60. The van der Waals surface area contributed by atoms with Gasteiger partial charge in [-0.25, -0.2) is 0 Å². The van der Waals surface area contributed by atoms with Crippen molar-refractivity contribution in [2.75, 3.05) is 0 Å².